The molecule has 1 aromatic carbocycles. The third kappa shape index (κ3) is 5.04. The lowest BCUT2D eigenvalue weighted by atomic mass is 10.1. The quantitative estimate of drug-likeness (QED) is 0.364. The lowest BCUT2D eigenvalue weighted by molar-refractivity contribution is -0.132. The van der Waals surface area contributed by atoms with Gasteiger partial charge in [0.25, 0.3) is 0 Å². The van der Waals surface area contributed by atoms with E-state index in [-0.39, 0.29) is 40.8 Å². The topological polar surface area (TPSA) is 112 Å². The average Bonchev–Trinajstić information content (AvgIpc) is 2.86. The van der Waals surface area contributed by atoms with Gasteiger partial charge >= 0.3 is 5.97 Å². The van der Waals surface area contributed by atoms with Gasteiger partial charge in [0.15, 0.2) is 11.5 Å². The Kier molecular flexibility index (Phi) is 7.18. The van der Waals surface area contributed by atoms with Crippen molar-refractivity contribution >= 4 is 44.8 Å². The number of nitrogens with one attached hydrogen (secondary N) is 1. The van der Waals surface area contributed by atoms with Gasteiger partial charge in [0.05, 0.1) is 9.85 Å². The smallest absolute Gasteiger partial charge is 0.308 e. The van der Waals surface area contributed by atoms with Gasteiger partial charge in [-0.15, -0.1) is 0 Å². The highest BCUT2D eigenvalue weighted by Crippen LogP contribution is 2.48. The van der Waals surface area contributed by atoms with E-state index in [9.17, 15) is 23.1 Å². The molecule has 0 saturated heterocycles. The molecule has 0 aliphatic heterocycles. The Morgan fingerprint density at radius 1 is 1.58 bits per heavy atom. The van der Waals surface area contributed by atoms with Crippen LogP contribution in [0.25, 0.3) is 11.3 Å². The Bertz CT molecular complexity index is 846. The van der Waals surface area contributed by atoms with Crippen molar-refractivity contribution in [2.45, 2.75) is 18.2 Å². The second-order valence-corrected chi connectivity index (χ2v) is 7.35. The first-order valence-corrected chi connectivity index (χ1v) is 9.53. The van der Waals surface area contributed by atoms with E-state index in [4.69, 9.17) is 20.8 Å². The number of esters is 1. The molecule has 2 N–H and O–H groups in total. The molecule has 0 aliphatic rings. The van der Waals surface area contributed by atoms with Gasteiger partial charge in [-0.05, 0) is 24.6 Å². The van der Waals surface area contributed by atoms with E-state index >= 15 is 0 Å². The molecule has 2 atom stereocenters. The van der Waals surface area contributed by atoms with Crippen molar-refractivity contribution in [1.82, 2.24) is 4.72 Å². The number of hydrogen-bond acceptors (Lipinski definition) is 6. The van der Waals surface area contributed by atoms with E-state index in [1.165, 1.54) is 12.1 Å². The lowest BCUT2D eigenvalue weighted by Crippen LogP contribution is -2.18. The molecule has 2 unspecified atom stereocenters. The molecule has 1 heterocycles. The van der Waals surface area contributed by atoms with E-state index in [2.05, 4.69) is 20.7 Å². The zero-order valence-electron chi connectivity index (χ0n) is 13.3. The van der Waals surface area contributed by atoms with Crippen molar-refractivity contribution in [2.75, 3.05) is 6.54 Å². The monoisotopic (exact) mass is 468 g/mol. The van der Waals surface area contributed by atoms with Crippen LogP contribution in [0, 0.1) is 5.82 Å². The van der Waals surface area contributed by atoms with Crippen LogP contribution in [0.3, 0.4) is 0 Å². The molecule has 2 aromatic rings. The van der Waals surface area contributed by atoms with Gasteiger partial charge in [-0.25, -0.2) is 9.11 Å². The van der Waals surface area contributed by atoms with Crippen molar-refractivity contribution < 1.29 is 32.2 Å². The summed E-state index contributed by atoms with van der Waals surface area (Å²) in [6, 6.07) is 3.78. The van der Waals surface area contributed by atoms with Crippen molar-refractivity contribution in [1.29, 1.82) is 0 Å². The summed E-state index contributed by atoms with van der Waals surface area (Å²) in [6.07, 6.45) is 0.226. The molecule has 0 radical (unpaired) electrons. The molecule has 0 aliphatic carbocycles. The highest BCUT2D eigenvalue weighted by molar-refractivity contribution is 9.09. The maximum atomic E-state index is 13.7. The lowest BCUT2D eigenvalue weighted by Gasteiger charge is -2.11. The van der Waals surface area contributed by atoms with Crippen molar-refractivity contribution in [3.63, 3.8) is 0 Å². The van der Waals surface area contributed by atoms with Gasteiger partial charge in [0, 0.05) is 30.3 Å². The second-order valence-electron chi connectivity index (χ2n) is 5.08. The third-order valence-corrected chi connectivity index (χ3v) is 4.82. The molecular weight excluding hydrogens is 457 g/mol. The minimum absolute atomic E-state index is 0.0570. The number of hydrogen-bond donors (Lipinski definition) is 2. The number of benzene rings is 1. The number of carbonyl (C=O) groups excluding carboxylic acids is 1. The van der Waals surface area contributed by atoms with Crippen LogP contribution < -0.4 is 9.46 Å². The third-order valence-electron chi connectivity index (χ3n) is 3.20. The Labute approximate surface area is 164 Å². The van der Waals surface area contributed by atoms with Crippen LogP contribution >= 0.6 is 27.5 Å². The number of halogens is 3. The Balaban J connectivity index is 2.41. The molecule has 2 rings (SSSR count). The highest BCUT2D eigenvalue weighted by atomic mass is 79.9. The maximum Gasteiger partial charge on any atom is 0.308 e. The van der Waals surface area contributed by atoms with Gasteiger partial charge in [-0.1, -0.05) is 27.5 Å². The first kappa shape index (κ1) is 20.8. The van der Waals surface area contributed by atoms with Crippen LogP contribution in [0.5, 0.6) is 11.5 Å². The molecule has 26 heavy (non-hydrogen) atoms. The molecule has 142 valence electrons. The fourth-order valence-corrected chi connectivity index (χ4v) is 3.04. The first-order valence-electron chi connectivity index (χ1n) is 7.17. The molecule has 0 amide bonds. The normalized spacial score (nSPS) is 13.4. The van der Waals surface area contributed by atoms with E-state index < -0.39 is 33.6 Å². The molecule has 0 bridgehead atoms. The molecule has 1 aromatic heterocycles. The molecule has 11 heteroatoms. The molecular formula is C15H13BrClFNO6S-. The minimum atomic E-state index is -2.43. The highest BCUT2D eigenvalue weighted by Gasteiger charge is 2.28. The van der Waals surface area contributed by atoms with Gasteiger partial charge in [0.1, 0.15) is 5.82 Å². The van der Waals surface area contributed by atoms with Crippen LogP contribution in [0.1, 0.15) is 23.9 Å². The standard InChI is InChI=1S/C15H14BrClFNO6S/c1-7(20)24-15-12(21)13(8-2-3-10(17)11(18)6-8)25-14(15)9(16)4-5-19-26(22)23/h2-3,6,9,19,21H,4-5H2,1H3,(H,22,23)/p-1. The summed E-state index contributed by atoms with van der Waals surface area (Å²) < 4.78 is 47.5. The summed E-state index contributed by atoms with van der Waals surface area (Å²) in [7, 11) is 0. The van der Waals surface area contributed by atoms with E-state index in [1.54, 1.807) is 0 Å². The number of ether oxygens (including phenoxy) is 1. The number of furan rings is 1. The predicted molar refractivity (Wildman–Crippen MR) is 95.3 cm³/mol. The zero-order valence-corrected chi connectivity index (χ0v) is 16.4. The fourth-order valence-electron chi connectivity index (χ4n) is 2.11. The first-order chi connectivity index (χ1) is 12.2. The van der Waals surface area contributed by atoms with Crippen molar-refractivity contribution in [2.24, 2.45) is 0 Å². The van der Waals surface area contributed by atoms with Gasteiger partial charge in [-0.2, -0.15) is 0 Å². The molecule has 0 fully saturated rings. The van der Waals surface area contributed by atoms with Crippen LogP contribution in [0.4, 0.5) is 4.39 Å². The van der Waals surface area contributed by atoms with Crippen molar-refractivity contribution in [3.8, 4) is 22.8 Å². The van der Waals surface area contributed by atoms with Crippen LogP contribution in [-0.4, -0.2) is 26.4 Å². The van der Waals surface area contributed by atoms with Crippen LogP contribution in [-0.2, 0) is 16.1 Å². The second kappa shape index (κ2) is 8.96. The Hall–Kier alpha value is -1.46. The van der Waals surface area contributed by atoms with Crippen LogP contribution in [0.2, 0.25) is 5.02 Å². The largest absolute Gasteiger partial charge is 0.760 e. The Morgan fingerprint density at radius 3 is 2.85 bits per heavy atom. The van der Waals surface area contributed by atoms with E-state index in [0.717, 1.165) is 13.0 Å². The minimum Gasteiger partial charge on any atom is -0.760 e. The number of carbonyl (C=O) groups is 1. The average molecular weight is 470 g/mol. The molecule has 7 nitrogen and oxygen atoms in total. The number of aromatic hydroxyl groups is 1. The van der Waals surface area contributed by atoms with E-state index in [0.29, 0.717) is 0 Å². The summed E-state index contributed by atoms with van der Waals surface area (Å²) in [4.78, 5) is 10.7. The summed E-state index contributed by atoms with van der Waals surface area (Å²) in [5, 5.41) is 10.3. The fraction of sp³-hybridized carbons (Fsp3) is 0.267. The van der Waals surface area contributed by atoms with Gasteiger partial charge < -0.3 is 18.8 Å². The molecule has 0 saturated carbocycles. The Morgan fingerprint density at radius 2 is 2.27 bits per heavy atom. The SMILES string of the molecule is CC(=O)Oc1c(C(Br)CCNS(=O)[O-])oc(-c2ccc(Cl)c(F)c2)c1O. The predicted octanol–water partition coefficient (Wildman–Crippen LogP) is 3.58. The molecule has 0 spiro atoms. The summed E-state index contributed by atoms with van der Waals surface area (Å²) in [6.45, 7) is 1.21. The summed E-state index contributed by atoms with van der Waals surface area (Å²) >= 11 is 6.51. The van der Waals surface area contributed by atoms with Crippen molar-refractivity contribution in [3.05, 3.63) is 34.8 Å². The van der Waals surface area contributed by atoms with E-state index in [1.807, 2.05) is 0 Å². The number of rotatable bonds is 7. The maximum absolute atomic E-state index is 13.7. The summed E-state index contributed by atoms with van der Waals surface area (Å²) in [5.41, 5.74) is 0.183. The van der Waals surface area contributed by atoms with Gasteiger partial charge in [-0.3, -0.25) is 9.00 Å². The summed E-state index contributed by atoms with van der Waals surface area (Å²) in [5.74, 6) is -2.18. The zero-order chi connectivity index (χ0) is 19.4. The van der Waals surface area contributed by atoms with Crippen LogP contribution in [0.15, 0.2) is 22.6 Å². The van der Waals surface area contributed by atoms with Gasteiger partial charge in [0.2, 0.25) is 11.5 Å². The number of alkyl halides is 1.